The largest absolute Gasteiger partial charge is 0.471 e. The molecule has 1 aliphatic carbocycles. The molecule has 0 radical (unpaired) electrons. The lowest BCUT2D eigenvalue weighted by molar-refractivity contribution is -0.176. The van der Waals surface area contributed by atoms with Crippen molar-refractivity contribution in [2.45, 2.75) is 62.2 Å². The van der Waals surface area contributed by atoms with E-state index in [0.29, 0.717) is 18.0 Å². The minimum absolute atomic E-state index is 0.0725. The van der Waals surface area contributed by atoms with Crippen molar-refractivity contribution >= 4 is 58.1 Å². The Hall–Kier alpha value is -1.84. The van der Waals surface area contributed by atoms with Crippen LogP contribution in [0.3, 0.4) is 0 Å². The van der Waals surface area contributed by atoms with E-state index < -0.39 is 63.6 Å². The zero-order valence-corrected chi connectivity index (χ0v) is 21.5. The van der Waals surface area contributed by atoms with Crippen LogP contribution in [0, 0.1) is 34.5 Å². The maximum atomic E-state index is 13.4. The number of rotatable bonds is 6. The van der Waals surface area contributed by atoms with Gasteiger partial charge in [0.15, 0.2) is 0 Å². The average Bonchev–Trinajstić information content (AvgIpc) is 3.10. The highest BCUT2D eigenvalue weighted by Crippen LogP contribution is 2.65. The molecule has 3 fully saturated rings. The summed E-state index contributed by atoms with van der Waals surface area (Å²) >= 11 is 17.8. The van der Waals surface area contributed by atoms with Crippen molar-refractivity contribution in [3.05, 3.63) is 0 Å². The van der Waals surface area contributed by atoms with Gasteiger partial charge < -0.3 is 20.9 Å². The lowest BCUT2D eigenvalue weighted by Crippen LogP contribution is -2.61. The Kier molecular flexibility index (Phi) is 7.58. The fourth-order valence-electron chi connectivity index (χ4n) is 4.72. The van der Waals surface area contributed by atoms with E-state index in [9.17, 15) is 32.8 Å². The van der Waals surface area contributed by atoms with Gasteiger partial charge in [0.2, 0.25) is 11.8 Å². The van der Waals surface area contributed by atoms with Gasteiger partial charge >= 0.3 is 12.1 Å². The number of halogens is 5. The van der Waals surface area contributed by atoms with Crippen LogP contribution in [-0.2, 0) is 14.4 Å². The quantitative estimate of drug-likeness (QED) is 0.341. The maximum Gasteiger partial charge on any atom is 0.471 e. The highest BCUT2D eigenvalue weighted by Gasteiger charge is 2.74. The number of carbonyl (C=O) groups excluding carboxylic acids is 3. The Morgan fingerprint density at radius 2 is 1.91 bits per heavy atom. The number of thiocarbonyl (C=S) groups is 1. The molecule has 2 saturated heterocycles. The molecular weight excluding hydrogens is 530 g/mol. The van der Waals surface area contributed by atoms with Crippen molar-refractivity contribution in [1.82, 2.24) is 20.9 Å². The van der Waals surface area contributed by atoms with Crippen LogP contribution in [0.5, 0.6) is 0 Å². The minimum Gasteiger partial charge on any atom is -0.379 e. The first kappa shape index (κ1) is 27.7. The molecule has 35 heavy (non-hydrogen) atoms. The zero-order chi connectivity index (χ0) is 26.5. The van der Waals surface area contributed by atoms with Crippen LogP contribution >= 0.6 is 35.4 Å². The van der Waals surface area contributed by atoms with Crippen molar-refractivity contribution in [2.24, 2.45) is 23.2 Å². The number of amides is 3. The molecule has 3 aliphatic rings. The number of nitriles is 1. The predicted molar refractivity (Wildman–Crippen MR) is 125 cm³/mol. The number of fused-ring (bicyclic) bond motifs is 1. The van der Waals surface area contributed by atoms with Gasteiger partial charge in [0.1, 0.15) is 22.5 Å². The number of nitrogens with one attached hydrogen (secondary N) is 3. The monoisotopic (exact) mass is 555 g/mol. The van der Waals surface area contributed by atoms with Crippen LogP contribution in [0.25, 0.3) is 0 Å². The first-order chi connectivity index (χ1) is 16.0. The molecule has 0 unspecified atom stereocenters. The Bertz CT molecular complexity index is 965. The molecule has 0 aromatic carbocycles. The molecule has 3 N–H and O–H groups in total. The van der Waals surface area contributed by atoms with E-state index in [1.807, 2.05) is 6.07 Å². The first-order valence-electron chi connectivity index (χ1n) is 11.0. The molecule has 8 nitrogen and oxygen atoms in total. The molecule has 0 spiro atoms. The molecule has 3 rings (SSSR count). The minimum atomic E-state index is -5.19. The van der Waals surface area contributed by atoms with Gasteiger partial charge in [-0.2, -0.15) is 18.4 Å². The third-order valence-electron chi connectivity index (χ3n) is 6.69. The zero-order valence-electron chi connectivity index (χ0n) is 19.2. The Labute approximate surface area is 216 Å². The second kappa shape index (κ2) is 9.56. The van der Waals surface area contributed by atoms with E-state index in [4.69, 9.17) is 35.4 Å². The van der Waals surface area contributed by atoms with Crippen molar-refractivity contribution in [3.63, 3.8) is 0 Å². The van der Waals surface area contributed by atoms with Crippen molar-refractivity contribution < 1.29 is 27.6 Å². The summed E-state index contributed by atoms with van der Waals surface area (Å²) in [6, 6.07) is -1.68. The van der Waals surface area contributed by atoms with E-state index in [1.165, 1.54) is 20.8 Å². The summed E-state index contributed by atoms with van der Waals surface area (Å²) in [4.78, 5) is 40.0. The number of carbonyl (C=O) groups is 3. The molecule has 2 heterocycles. The second-order valence-corrected chi connectivity index (χ2v) is 12.1. The summed E-state index contributed by atoms with van der Waals surface area (Å²) < 4.78 is 37.4. The lowest BCUT2D eigenvalue weighted by atomic mass is 9.85. The molecular formula is C21H26Cl2F3N5O3S. The average molecular weight is 556 g/mol. The van der Waals surface area contributed by atoms with Gasteiger partial charge in [-0.05, 0) is 18.3 Å². The number of hydrogen-bond acceptors (Lipinski definition) is 5. The molecule has 14 heteroatoms. The van der Waals surface area contributed by atoms with E-state index >= 15 is 0 Å². The van der Waals surface area contributed by atoms with Crippen molar-refractivity contribution in [3.8, 4) is 6.07 Å². The van der Waals surface area contributed by atoms with Gasteiger partial charge in [0, 0.05) is 30.8 Å². The highest BCUT2D eigenvalue weighted by molar-refractivity contribution is 7.80. The number of hydrogen-bond donors (Lipinski definition) is 3. The van der Waals surface area contributed by atoms with Crippen molar-refractivity contribution in [2.75, 3.05) is 13.1 Å². The van der Waals surface area contributed by atoms with Crippen LogP contribution in [0.2, 0.25) is 0 Å². The number of piperidine rings is 1. The van der Waals surface area contributed by atoms with Gasteiger partial charge in [-0.3, -0.25) is 14.4 Å². The summed E-state index contributed by atoms with van der Waals surface area (Å²) in [5, 5.41) is 17.0. The summed E-state index contributed by atoms with van der Waals surface area (Å²) in [5.41, 5.74) is -1.11. The SMILES string of the molecule is CC(C)(C)[C@H](NC(=O)C(F)(F)F)C(=O)N1C[C@H]2[C@@H]([C@H]1C(=O)N[C@H](C#N)C[C@@H]1CCNC1=S)C2(Cl)Cl. The van der Waals surface area contributed by atoms with E-state index in [1.54, 1.807) is 5.32 Å². The fraction of sp³-hybridized carbons (Fsp3) is 0.762. The van der Waals surface area contributed by atoms with Gasteiger partial charge in [-0.15, -0.1) is 23.2 Å². The Morgan fingerprint density at radius 1 is 1.29 bits per heavy atom. The molecule has 194 valence electrons. The van der Waals surface area contributed by atoms with E-state index in [0.717, 1.165) is 4.90 Å². The summed E-state index contributed by atoms with van der Waals surface area (Å²) in [6.45, 7) is 5.08. The van der Waals surface area contributed by atoms with Gasteiger partial charge in [-0.25, -0.2) is 0 Å². The number of likely N-dealkylation sites (tertiary alicyclic amines) is 1. The molecule has 0 bridgehead atoms. The molecule has 0 aromatic heterocycles. The van der Waals surface area contributed by atoms with E-state index in [2.05, 4.69) is 10.6 Å². The molecule has 2 aliphatic heterocycles. The second-order valence-electron chi connectivity index (χ2n) is 10.2. The van der Waals surface area contributed by atoms with Gasteiger partial charge in [0.25, 0.3) is 0 Å². The number of alkyl halides is 5. The third-order valence-corrected chi connectivity index (χ3v) is 8.23. The van der Waals surface area contributed by atoms with Crippen molar-refractivity contribution in [1.29, 1.82) is 5.26 Å². The Morgan fingerprint density at radius 3 is 2.40 bits per heavy atom. The molecule has 3 amide bonds. The topological polar surface area (TPSA) is 114 Å². The molecule has 0 aromatic rings. The van der Waals surface area contributed by atoms with Crippen LogP contribution in [0.4, 0.5) is 13.2 Å². The van der Waals surface area contributed by atoms with Crippen LogP contribution in [0.1, 0.15) is 33.6 Å². The molecule has 1 saturated carbocycles. The highest BCUT2D eigenvalue weighted by atomic mass is 35.5. The van der Waals surface area contributed by atoms with Crippen LogP contribution < -0.4 is 16.0 Å². The van der Waals surface area contributed by atoms with E-state index in [-0.39, 0.29) is 18.9 Å². The maximum absolute atomic E-state index is 13.4. The standard InChI is InChI=1S/C21H26Cl2F3N5O3S/c1-19(2,3)14(30-18(34)21(24,25)26)17(33)31-8-11-12(20(11,22)23)13(31)15(32)29-10(7-27)6-9-4-5-28-16(9)35/h9-14H,4-6,8H2,1-3H3,(H,28,35)(H,29,32)(H,30,34)/t9-,10-,11-,12-,13-,14+/m0/s1. The number of nitrogens with zero attached hydrogens (tertiary/aromatic N) is 2. The smallest absolute Gasteiger partial charge is 0.379 e. The Balaban J connectivity index is 1.81. The van der Waals surface area contributed by atoms with Gasteiger partial charge in [0.05, 0.1) is 11.1 Å². The normalized spacial score (nSPS) is 28.9. The van der Waals surface area contributed by atoms with Crippen LogP contribution in [0.15, 0.2) is 0 Å². The summed E-state index contributed by atoms with van der Waals surface area (Å²) in [6.07, 6.45) is -4.21. The molecule has 6 atom stereocenters. The summed E-state index contributed by atoms with van der Waals surface area (Å²) in [7, 11) is 0. The first-order valence-corrected chi connectivity index (χ1v) is 12.2. The predicted octanol–water partition coefficient (Wildman–Crippen LogP) is 2.05. The van der Waals surface area contributed by atoms with Crippen LogP contribution in [-0.4, -0.2) is 69.3 Å². The fourth-order valence-corrected chi connectivity index (χ4v) is 5.86. The third kappa shape index (κ3) is 5.62. The van der Waals surface area contributed by atoms with Gasteiger partial charge in [-0.1, -0.05) is 33.0 Å². The lowest BCUT2D eigenvalue weighted by Gasteiger charge is -2.37. The summed E-state index contributed by atoms with van der Waals surface area (Å²) in [5.74, 6) is -5.04.